The average Bonchev–Trinajstić information content (AvgIpc) is 2.41. The van der Waals surface area contributed by atoms with Crippen LogP contribution in [0.25, 0.3) is 0 Å². The molecule has 1 aliphatic heterocycles. The van der Waals surface area contributed by atoms with Gasteiger partial charge in [0.1, 0.15) is 10.7 Å². The van der Waals surface area contributed by atoms with Gasteiger partial charge in [0.05, 0.1) is 6.61 Å². The molecule has 0 amide bonds. The zero-order valence-corrected chi connectivity index (χ0v) is 11.2. The van der Waals surface area contributed by atoms with Crippen LogP contribution >= 0.6 is 0 Å². The number of nitrogens with zero attached hydrogens (tertiary/aromatic N) is 1. The van der Waals surface area contributed by atoms with Crippen LogP contribution in [0.15, 0.2) is 23.1 Å². The number of rotatable bonds is 3. The van der Waals surface area contributed by atoms with E-state index in [0.29, 0.717) is 19.4 Å². The maximum absolute atomic E-state index is 13.7. The molecule has 0 aromatic heterocycles. The summed E-state index contributed by atoms with van der Waals surface area (Å²) >= 11 is 0. The van der Waals surface area contributed by atoms with E-state index in [1.165, 1.54) is 10.4 Å². The van der Waals surface area contributed by atoms with Crippen molar-refractivity contribution in [3.63, 3.8) is 0 Å². The molecule has 1 aromatic rings. The maximum atomic E-state index is 13.7. The van der Waals surface area contributed by atoms with Gasteiger partial charge in [-0.1, -0.05) is 6.42 Å². The molecule has 1 fully saturated rings. The van der Waals surface area contributed by atoms with Gasteiger partial charge in [-0.25, -0.2) is 12.8 Å². The van der Waals surface area contributed by atoms with Crippen molar-refractivity contribution in [3.05, 3.63) is 24.0 Å². The van der Waals surface area contributed by atoms with Gasteiger partial charge in [0, 0.05) is 18.3 Å². The molecule has 0 bridgehead atoms. The fraction of sp³-hybridized carbons (Fsp3) is 0.500. The van der Waals surface area contributed by atoms with Crippen LogP contribution in [0.2, 0.25) is 0 Å². The Balaban J connectivity index is 2.43. The van der Waals surface area contributed by atoms with Crippen LogP contribution in [0.1, 0.15) is 19.3 Å². The minimum atomic E-state index is -3.96. The molecule has 0 spiro atoms. The lowest BCUT2D eigenvalue weighted by Gasteiger charge is -2.33. The van der Waals surface area contributed by atoms with Crippen molar-refractivity contribution in [1.29, 1.82) is 0 Å². The number of hydrogen-bond acceptors (Lipinski definition) is 4. The highest BCUT2D eigenvalue weighted by Crippen LogP contribution is 2.27. The zero-order chi connectivity index (χ0) is 14.0. The van der Waals surface area contributed by atoms with Crippen molar-refractivity contribution in [3.8, 4) is 0 Å². The van der Waals surface area contributed by atoms with E-state index < -0.39 is 26.8 Å². The van der Waals surface area contributed by atoms with E-state index in [9.17, 15) is 17.9 Å². The molecule has 1 atom stereocenters. The fourth-order valence-electron chi connectivity index (χ4n) is 2.32. The monoisotopic (exact) mass is 288 g/mol. The number of halogens is 1. The Morgan fingerprint density at radius 2 is 2.16 bits per heavy atom. The van der Waals surface area contributed by atoms with E-state index in [4.69, 9.17) is 5.73 Å². The van der Waals surface area contributed by atoms with Gasteiger partial charge in [-0.15, -0.1) is 0 Å². The molecule has 1 heterocycles. The molecular formula is C12H17FN2O3S. The molecular weight excluding hydrogens is 271 g/mol. The number of anilines is 1. The van der Waals surface area contributed by atoms with Crippen molar-refractivity contribution in [1.82, 2.24) is 4.31 Å². The van der Waals surface area contributed by atoms with Crippen molar-refractivity contribution >= 4 is 15.7 Å². The molecule has 0 radical (unpaired) electrons. The topological polar surface area (TPSA) is 83.6 Å². The second-order valence-electron chi connectivity index (χ2n) is 4.64. The van der Waals surface area contributed by atoms with Gasteiger partial charge < -0.3 is 10.8 Å². The first-order valence-electron chi connectivity index (χ1n) is 6.14. The van der Waals surface area contributed by atoms with E-state index in [1.54, 1.807) is 0 Å². The Kier molecular flexibility index (Phi) is 4.07. The molecule has 1 aromatic carbocycles. The summed E-state index contributed by atoms with van der Waals surface area (Å²) in [6.07, 6.45) is 2.15. The van der Waals surface area contributed by atoms with Gasteiger partial charge in [0.25, 0.3) is 0 Å². The Labute approximate surface area is 111 Å². The van der Waals surface area contributed by atoms with Gasteiger partial charge in [-0.2, -0.15) is 4.31 Å². The van der Waals surface area contributed by atoms with Crippen molar-refractivity contribution in [2.24, 2.45) is 0 Å². The fourth-order valence-corrected chi connectivity index (χ4v) is 4.10. The predicted octanol–water partition coefficient (Wildman–Crippen LogP) is 0.943. The number of aliphatic hydroxyl groups is 1. The van der Waals surface area contributed by atoms with Crippen LogP contribution in [0.3, 0.4) is 0 Å². The molecule has 0 aliphatic carbocycles. The number of nitrogen functional groups attached to an aromatic ring is 1. The van der Waals surface area contributed by atoms with E-state index in [0.717, 1.165) is 18.6 Å². The summed E-state index contributed by atoms with van der Waals surface area (Å²) in [4.78, 5) is -0.423. The molecule has 1 aliphatic rings. The van der Waals surface area contributed by atoms with E-state index in [1.807, 2.05) is 0 Å². The van der Waals surface area contributed by atoms with Crippen LogP contribution in [0.4, 0.5) is 10.1 Å². The molecule has 7 heteroatoms. The number of hydrogen-bond donors (Lipinski definition) is 2. The van der Waals surface area contributed by atoms with E-state index in [2.05, 4.69) is 0 Å². The van der Waals surface area contributed by atoms with Gasteiger partial charge in [-0.3, -0.25) is 0 Å². The van der Waals surface area contributed by atoms with E-state index in [-0.39, 0.29) is 12.3 Å². The number of sulfonamides is 1. The van der Waals surface area contributed by atoms with Crippen LogP contribution in [0, 0.1) is 5.82 Å². The molecule has 1 saturated heterocycles. The highest BCUT2D eigenvalue weighted by molar-refractivity contribution is 7.89. The second kappa shape index (κ2) is 5.44. The van der Waals surface area contributed by atoms with Crippen molar-refractivity contribution in [2.45, 2.75) is 30.2 Å². The Hall–Kier alpha value is -1.18. The second-order valence-corrected chi connectivity index (χ2v) is 6.50. The van der Waals surface area contributed by atoms with Crippen molar-refractivity contribution < 1.29 is 17.9 Å². The Bertz CT molecular complexity index is 562. The normalized spacial score (nSPS) is 21.5. The highest BCUT2D eigenvalue weighted by Gasteiger charge is 2.34. The summed E-state index contributed by atoms with van der Waals surface area (Å²) in [5, 5.41) is 9.27. The lowest BCUT2D eigenvalue weighted by molar-refractivity contribution is 0.155. The van der Waals surface area contributed by atoms with Crippen LogP contribution in [-0.2, 0) is 10.0 Å². The standard InChI is InChI=1S/C12H17FN2O3S/c13-11-5-4-9(14)7-12(11)19(17,18)15-6-2-1-3-10(15)8-16/h4-5,7,10,16H,1-3,6,8,14H2. The Morgan fingerprint density at radius 1 is 1.42 bits per heavy atom. The summed E-state index contributed by atoms with van der Waals surface area (Å²) in [6, 6.07) is 2.99. The molecule has 106 valence electrons. The van der Waals surface area contributed by atoms with Gasteiger partial charge in [-0.05, 0) is 31.0 Å². The van der Waals surface area contributed by atoms with Crippen LogP contribution in [-0.4, -0.2) is 37.0 Å². The third-order valence-electron chi connectivity index (χ3n) is 3.33. The summed E-state index contributed by atoms with van der Waals surface area (Å²) in [7, 11) is -3.96. The minimum absolute atomic E-state index is 0.192. The first kappa shape index (κ1) is 14.2. The van der Waals surface area contributed by atoms with Crippen LogP contribution < -0.4 is 5.73 Å². The van der Waals surface area contributed by atoms with Crippen LogP contribution in [0.5, 0.6) is 0 Å². The lowest BCUT2D eigenvalue weighted by atomic mass is 10.1. The first-order chi connectivity index (χ1) is 8.96. The molecule has 19 heavy (non-hydrogen) atoms. The van der Waals surface area contributed by atoms with Gasteiger partial charge in [0.2, 0.25) is 10.0 Å². The third kappa shape index (κ3) is 2.72. The van der Waals surface area contributed by atoms with Gasteiger partial charge in [0.15, 0.2) is 0 Å². The maximum Gasteiger partial charge on any atom is 0.246 e. The summed E-state index contributed by atoms with van der Waals surface area (Å²) < 4.78 is 39.8. The lowest BCUT2D eigenvalue weighted by Crippen LogP contribution is -2.45. The molecule has 0 saturated carbocycles. The molecule has 1 unspecified atom stereocenters. The number of benzene rings is 1. The first-order valence-corrected chi connectivity index (χ1v) is 7.58. The number of nitrogens with two attached hydrogens (primary N) is 1. The number of piperidine rings is 1. The summed E-state index contributed by atoms with van der Waals surface area (Å²) in [5.41, 5.74) is 5.71. The number of aliphatic hydroxyl groups excluding tert-OH is 1. The third-order valence-corrected chi connectivity index (χ3v) is 5.29. The molecule has 2 rings (SSSR count). The SMILES string of the molecule is Nc1ccc(F)c(S(=O)(=O)N2CCCCC2CO)c1. The van der Waals surface area contributed by atoms with Gasteiger partial charge >= 0.3 is 0 Å². The summed E-state index contributed by atoms with van der Waals surface area (Å²) in [6.45, 7) is 0.0327. The Morgan fingerprint density at radius 3 is 2.84 bits per heavy atom. The molecule has 3 N–H and O–H groups in total. The highest BCUT2D eigenvalue weighted by atomic mass is 32.2. The average molecular weight is 288 g/mol. The quantitative estimate of drug-likeness (QED) is 0.811. The van der Waals surface area contributed by atoms with E-state index >= 15 is 0 Å². The predicted molar refractivity (Wildman–Crippen MR) is 69.4 cm³/mol. The smallest absolute Gasteiger partial charge is 0.246 e. The zero-order valence-electron chi connectivity index (χ0n) is 10.4. The van der Waals surface area contributed by atoms with Crippen molar-refractivity contribution in [2.75, 3.05) is 18.9 Å². The molecule has 5 nitrogen and oxygen atoms in total. The summed E-state index contributed by atoms with van der Waals surface area (Å²) in [5.74, 6) is -0.823. The largest absolute Gasteiger partial charge is 0.399 e. The minimum Gasteiger partial charge on any atom is -0.399 e.